The lowest BCUT2D eigenvalue weighted by Gasteiger charge is -2.11. The summed E-state index contributed by atoms with van der Waals surface area (Å²) in [7, 11) is 0. The predicted octanol–water partition coefficient (Wildman–Crippen LogP) is 3.21. The van der Waals surface area contributed by atoms with Crippen molar-refractivity contribution in [2.45, 2.75) is 47.1 Å². The maximum atomic E-state index is 12.2. The Hall–Kier alpha value is -2.69. The monoisotopic (exact) mass is 336 g/mol. The standard InChI is InChI=1S/C20H24N4O/c1-13-5-7-17(8-6-13)12-21-20(25)10-9-18-15(3)22-19-11-14(2)23-24(19)16(18)4/h5-8,11H,9-10,12H2,1-4H3,(H,21,25). The Morgan fingerprint density at radius 2 is 1.84 bits per heavy atom. The highest BCUT2D eigenvalue weighted by atomic mass is 16.1. The van der Waals surface area contributed by atoms with Crippen LogP contribution in [0.15, 0.2) is 30.3 Å². The molecule has 0 spiro atoms. The van der Waals surface area contributed by atoms with E-state index in [-0.39, 0.29) is 5.91 Å². The lowest BCUT2D eigenvalue weighted by atomic mass is 10.1. The zero-order valence-corrected chi connectivity index (χ0v) is 15.3. The average molecular weight is 336 g/mol. The molecule has 5 heteroatoms. The van der Waals surface area contributed by atoms with Gasteiger partial charge in [-0.3, -0.25) is 4.79 Å². The minimum Gasteiger partial charge on any atom is -0.352 e. The van der Waals surface area contributed by atoms with Crippen LogP contribution in [0.5, 0.6) is 0 Å². The van der Waals surface area contributed by atoms with Gasteiger partial charge in [-0.2, -0.15) is 5.10 Å². The van der Waals surface area contributed by atoms with Crippen molar-refractivity contribution in [2.24, 2.45) is 0 Å². The Labute approximate surface area is 148 Å². The molecule has 0 saturated carbocycles. The second-order valence-corrected chi connectivity index (χ2v) is 6.58. The summed E-state index contributed by atoms with van der Waals surface area (Å²) in [6, 6.07) is 10.2. The van der Waals surface area contributed by atoms with Gasteiger partial charge in [0.15, 0.2) is 5.65 Å². The van der Waals surface area contributed by atoms with E-state index in [1.807, 2.05) is 43.5 Å². The molecule has 0 aliphatic heterocycles. The SMILES string of the molecule is Cc1ccc(CNC(=O)CCc2c(C)nc3cc(C)nn3c2C)cc1. The number of hydrogen-bond donors (Lipinski definition) is 1. The van der Waals surface area contributed by atoms with Crippen LogP contribution in [0.4, 0.5) is 0 Å². The Balaban J connectivity index is 1.63. The third kappa shape index (κ3) is 3.87. The van der Waals surface area contributed by atoms with E-state index in [0.717, 1.165) is 33.9 Å². The number of aryl methyl sites for hydroxylation is 4. The fraction of sp³-hybridized carbons (Fsp3) is 0.350. The third-order valence-electron chi connectivity index (χ3n) is 4.50. The minimum atomic E-state index is 0.0520. The van der Waals surface area contributed by atoms with Gasteiger partial charge in [0.1, 0.15) is 0 Å². The molecule has 0 aliphatic carbocycles. The molecule has 0 unspecified atom stereocenters. The molecule has 0 radical (unpaired) electrons. The van der Waals surface area contributed by atoms with Crippen molar-refractivity contribution in [1.29, 1.82) is 0 Å². The summed E-state index contributed by atoms with van der Waals surface area (Å²) in [5.41, 5.74) is 7.27. The summed E-state index contributed by atoms with van der Waals surface area (Å²) < 4.78 is 1.86. The number of nitrogens with zero attached hydrogens (tertiary/aromatic N) is 3. The van der Waals surface area contributed by atoms with Crippen molar-refractivity contribution < 1.29 is 4.79 Å². The number of carbonyl (C=O) groups is 1. The molecule has 0 aliphatic rings. The molecule has 5 nitrogen and oxygen atoms in total. The van der Waals surface area contributed by atoms with Crippen molar-refractivity contribution >= 4 is 11.6 Å². The maximum absolute atomic E-state index is 12.2. The minimum absolute atomic E-state index is 0.0520. The fourth-order valence-electron chi connectivity index (χ4n) is 3.04. The molecular weight excluding hydrogens is 312 g/mol. The van der Waals surface area contributed by atoms with Crippen molar-refractivity contribution in [3.8, 4) is 0 Å². The summed E-state index contributed by atoms with van der Waals surface area (Å²) in [6.07, 6.45) is 1.11. The Morgan fingerprint density at radius 1 is 1.12 bits per heavy atom. The second kappa shape index (κ2) is 7.05. The quantitative estimate of drug-likeness (QED) is 0.778. The van der Waals surface area contributed by atoms with E-state index in [0.29, 0.717) is 19.4 Å². The predicted molar refractivity (Wildman–Crippen MR) is 98.5 cm³/mol. The van der Waals surface area contributed by atoms with Crippen LogP contribution in [0.25, 0.3) is 5.65 Å². The van der Waals surface area contributed by atoms with Crippen molar-refractivity contribution in [1.82, 2.24) is 19.9 Å². The molecule has 130 valence electrons. The molecule has 0 bridgehead atoms. The summed E-state index contributed by atoms with van der Waals surface area (Å²) in [4.78, 5) is 16.8. The highest BCUT2D eigenvalue weighted by Crippen LogP contribution is 2.17. The molecule has 0 saturated heterocycles. The van der Waals surface area contributed by atoms with E-state index < -0.39 is 0 Å². The Kier molecular flexibility index (Phi) is 4.83. The van der Waals surface area contributed by atoms with Gasteiger partial charge in [-0.25, -0.2) is 9.50 Å². The van der Waals surface area contributed by atoms with Crippen LogP contribution < -0.4 is 5.32 Å². The first-order valence-electron chi connectivity index (χ1n) is 8.59. The molecule has 1 N–H and O–H groups in total. The molecular formula is C20H24N4O. The van der Waals surface area contributed by atoms with Crippen LogP contribution >= 0.6 is 0 Å². The van der Waals surface area contributed by atoms with E-state index in [9.17, 15) is 4.79 Å². The van der Waals surface area contributed by atoms with Gasteiger partial charge in [0.05, 0.1) is 5.69 Å². The highest BCUT2D eigenvalue weighted by Gasteiger charge is 2.12. The molecule has 25 heavy (non-hydrogen) atoms. The number of aromatic nitrogens is 3. The van der Waals surface area contributed by atoms with Crippen LogP contribution in [0, 0.1) is 27.7 Å². The first-order chi connectivity index (χ1) is 11.9. The van der Waals surface area contributed by atoms with Crippen LogP contribution in [0.1, 0.15) is 40.2 Å². The normalized spacial score (nSPS) is 11.0. The number of rotatable bonds is 5. The number of nitrogens with one attached hydrogen (secondary N) is 1. The number of amides is 1. The van der Waals surface area contributed by atoms with Crippen molar-refractivity contribution in [3.05, 3.63) is 64.1 Å². The summed E-state index contributed by atoms with van der Waals surface area (Å²) in [5.74, 6) is 0.0520. The van der Waals surface area contributed by atoms with Gasteiger partial charge in [0, 0.05) is 30.4 Å². The first kappa shape index (κ1) is 17.1. The molecule has 3 aromatic rings. The largest absolute Gasteiger partial charge is 0.352 e. The first-order valence-corrected chi connectivity index (χ1v) is 8.59. The van der Waals surface area contributed by atoms with Gasteiger partial charge >= 0.3 is 0 Å². The summed E-state index contributed by atoms with van der Waals surface area (Å²) in [6.45, 7) is 8.61. The van der Waals surface area contributed by atoms with Crippen molar-refractivity contribution in [2.75, 3.05) is 0 Å². The topological polar surface area (TPSA) is 59.3 Å². The smallest absolute Gasteiger partial charge is 0.220 e. The van der Waals surface area contributed by atoms with Gasteiger partial charge in [-0.05, 0) is 45.2 Å². The van der Waals surface area contributed by atoms with Crippen LogP contribution in [-0.4, -0.2) is 20.5 Å². The molecule has 0 atom stereocenters. The zero-order valence-electron chi connectivity index (χ0n) is 15.3. The van der Waals surface area contributed by atoms with Crippen LogP contribution in [0.3, 0.4) is 0 Å². The summed E-state index contributed by atoms with van der Waals surface area (Å²) >= 11 is 0. The van der Waals surface area contributed by atoms with E-state index in [1.165, 1.54) is 5.56 Å². The lowest BCUT2D eigenvalue weighted by Crippen LogP contribution is -2.23. The number of fused-ring (bicyclic) bond motifs is 1. The Bertz CT molecular complexity index is 910. The van der Waals surface area contributed by atoms with Crippen LogP contribution in [0.2, 0.25) is 0 Å². The van der Waals surface area contributed by atoms with E-state index in [1.54, 1.807) is 0 Å². The highest BCUT2D eigenvalue weighted by molar-refractivity contribution is 5.76. The summed E-state index contributed by atoms with van der Waals surface area (Å²) in [5, 5.41) is 7.47. The fourth-order valence-corrected chi connectivity index (χ4v) is 3.04. The molecule has 3 rings (SSSR count). The third-order valence-corrected chi connectivity index (χ3v) is 4.50. The Morgan fingerprint density at radius 3 is 2.56 bits per heavy atom. The van der Waals surface area contributed by atoms with Gasteiger partial charge in [0.25, 0.3) is 0 Å². The number of benzene rings is 1. The van der Waals surface area contributed by atoms with Crippen LogP contribution in [-0.2, 0) is 17.8 Å². The van der Waals surface area contributed by atoms with Gasteiger partial charge in [-0.1, -0.05) is 29.8 Å². The van der Waals surface area contributed by atoms with E-state index in [4.69, 9.17) is 0 Å². The molecule has 2 heterocycles. The van der Waals surface area contributed by atoms with E-state index in [2.05, 4.69) is 34.5 Å². The van der Waals surface area contributed by atoms with Gasteiger partial charge in [-0.15, -0.1) is 0 Å². The van der Waals surface area contributed by atoms with E-state index >= 15 is 0 Å². The number of carbonyl (C=O) groups excluding carboxylic acids is 1. The number of hydrogen-bond acceptors (Lipinski definition) is 3. The molecule has 0 fully saturated rings. The van der Waals surface area contributed by atoms with Gasteiger partial charge in [0.2, 0.25) is 5.91 Å². The van der Waals surface area contributed by atoms with Gasteiger partial charge < -0.3 is 5.32 Å². The lowest BCUT2D eigenvalue weighted by molar-refractivity contribution is -0.121. The maximum Gasteiger partial charge on any atom is 0.220 e. The van der Waals surface area contributed by atoms with Crippen molar-refractivity contribution in [3.63, 3.8) is 0 Å². The molecule has 2 aromatic heterocycles. The second-order valence-electron chi connectivity index (χ2n) is 6.58. The molecule has 1 aromatic carbocycles. The average Bonchev–Trinajstić information content (AvgIpc) is 2.94. The molecule has 1 amide bonds. The zero-order chi connectivity index (χ0) is 18.0.